The molecular weight excluding hydrogens is 663 g/mol. The molecule has 4 heterocycles. The van der Waals surface area contributed by atoms with Crippen LogP contribution < -0.4 is 10.6 Å². The van der Waals surface area contributed by atoms with E-state index in [1.54, 1.807) is 0 Å². The number of amidine groups is 2. The third-order valence-corrected chi connectivity index (χ3v) is 10.8. The monoisotopic (exact) mass is 695 g/mol. The van der Waals surface area contributed by atoms with Crippen LogP contribution in [0, 0.1) is 0 Å². The fourth-order valence-electron chi connectivity index (χ4n) is 8.22. The summed E-state index contributed by atoms with van der Waals surface area (Å²) in [5, 5.41) is 13.2. The summed E-state index contributed by atoms with van der Waals surface area (Å²) >= 11 is 0. The lowest BCUT2D eigenvalue weighted by Gasteiger charge is -2.28. The molecular formula is C48H33N5O. The SMILES string of the molecule is C1=Cc2oc3cc(-n4c5ccccc5c5ccccc54)ccc3c2C(C2=NC(c3ccc(-c4cccc5ccccc45)cc3)N=C(c3ccccc3)N2)N1. The largest absolute Gasteiger partial charge is 0.456 e. The Labute approximate surface area is 311 Å². The molecule has 0 radical (unpaired) electrons. The van der Waals surface area contributed by atoms with Gasteiger partial charge in [-0.2, -0.15) is 0 Å². The molecule has 11 rings (SSSR count). The third kappa shape index (κ3) is 4.88. The van der Waals surface area contributed by atoms with Crippen LogP contribution in [0.2, 0.25) is 0 Å². The maximum atomic E-state index is 6.63. The Morgan fingerprint density at radius 2 is 1.28 bits per heavy atom. The summed E-state index contributed by atoms with van der Waals surface area (Å²) in [7, 11) is 0. The molecule has 2 unspecified atom stereocenters. The lowest BCUT2D eigenvalue weighted by molar-refractivity contribution is 0.585. The fourth-order valence-corrected chi connectivity index (χ4v) is 8.22. The number of nitrogens with one attached hydrogen (secondary N) is 2. The molecule has 2 aliphatic heterocycles. The topological polar surface area (TPSA) is 66.8 Å². The van der Waals surface area contributed by atoms with Crippen molar-refractivity contribution in [2.75, 3.05) is 0 Å². The number of aromatic nitrogens is 1. The van der Waals surface area contributed by atoms with E-state index in [1.165, 1.54) is 38.1 Å². The predicted molar refractivity (Wildman–Crippen MR) is 221 cm³/mol. The minimum absolute atomic E-state index is 0.281. The zero-order valence-electron chi connectivity index (χ0n) is 29.1. The standard InChI is InChI=1S/C48H33N5O/c1-2-12-32(13-3-1)46-50-47(33-23-21-31(22-24-33)36-18-10-14-30-11-4-5-15-35(30)36)52-48(51-46)45-44-39-26-25-34(29-43(39)54-42(44)27-28-49-45)53-40-19-8-6-16-37(40)38-17-7-9-20-41(38)53/h1-29,45,47,49H,(H,50,51,52). The number of nitrogens with zero attached hydrogens (tertiary/aromatic N) is 3. The van der Waals surface area contributed by atoms with E-state index in [9.17, 15) is 0 Å². The fraction of sp³-hybridized carbons (Fsp3) is 0.0417. The first-order chi connectivity index (χ1) is 26.8. The molecule has 7 aromatic carbocycles. The Hall–Kier alpha value is -7.18. The van der Waals surface area contributed by atoms with Crippen LogP contribution >= 0.6 is 0 Å². The van der Waals surface area contributed by atoms with E-state index < -0.39 is 6.17 Å². The minimum Gasteiger partial charge on any atom is -0.456 e. The lowest BCUT2D eigenvalue weighted by Crippen LogP contribution is -2.43. The van der Waals surface area contributed by atoms with Gasteiger partial charge in [0.1, 0.15) is 29.1 Å². The highest BCUT2D eigenvalue weighted by atomic mass is 16.3. The molecule has 256 valence electrons. The highest BCUT2D eigenvalue weighted by molar-refractivity contribution is 6.13. The first kappa shape index (κ1) is 30.4. The highest BCUT2D eigenvalue weighted by Crippen LogP contribution is 2.39. The summed E-state index contributed by atoms with van der Waals surface area (Å²) in [6.45, 7) is 0. The molecule has 0 fully saturated rings. The van der Waals surface area contributed by atoms with Crippen molar-refractivity contribution in [1.82, 2.24) is 15.2 Å². The first-order valence-electron chi connectivity index (χ1n) is 18.3. The van der Waals surface area contributed by atoms with Crippen LogP contribution in [0.4, 0.5) is 0 Å². The van der Waals surface area contributed by atoms with Gasteiger partial charge in [-0.25, -0.2) is 9.98 Å². The van der Waals surface area contributed by atoms with E-state index in [2.05, 4.69) is 161 Å². The first-order valence-corrected chi connectivity index (χ1v) is 18.3. The molecule has 2 aliphatic rings. The normalized spacial score (nSPS) is 16.6. The van der Waals surface area contributed by atoms with Crippen molar-refractivity contribution in [2.24, 2.45) is 9.98 Å². The Kier molecular flexibility index (Phi) is 6.89. The number of benzene rings is 7. The van der Waals surface area contributed by atoms with Gasteiger partial charge in [-0.3, -0.25) is 0 Å². The van der Waals surface area contributed by atoms with Gasteiger partial charge < -0.3 is 19.6 Å². The smallest absolute Gasteiger partial charge is 0.169 e. The molecule has 0 amide bonds. The highest BCUT2D eigenvalue weighted by Gasteiger charge is 2.32. The number of fused-ring (bicyclic) bond motifs is 7. The van der Waals surface area contributed by atoms with Gasteiger partial charge in [0.15, 0.2) is 6.17 Å². The Balaban J connectivity index is 0.997. The molecule has 0 saturated carbocycles. The second kappa shape index (κ2) is 12.2. The molecule has 2 N–H and O–H groups in total. The summed E-state index contributed by atoms with van der Waals surface area (Å²) in [6.07, 6.45) is 3.52. The Morgan fingerprint density at radius 3 is 2.07 bits per heavy atom. The van der Waals surface area contributed by atoms with Crippen LogP contribution in [0.3, 0.4) is 0 Å². The maximum absolute atomic E-state index is 6.63. The average Bonchev–Trinajstić information content (AvgIpc) is 3.79. The zero-order chi connectivity index (χ0) is 35.6. The Morgan fingerprint density at radius 1 is 0.574 bits per heavy atom. The number of furan rings is 1. The number of hydrogen-bond acceptors (Lipinski definition) is 5. The molecule has 2 aromatic heterocycles. The molecule has 6 nitrogen and oxygen atoms in total. The van der Waals surface area contributed by atoms with Crippen molar-refractivity contribution in [1.29, 1.82) is 0 Å². The molecule has 54 heavy (non-hydrogen) atoms. The van der Waals surface area contributed by atoms with Gasteiger partial charge >= 0.3 is 0 Å². The van der Waals surface area contributed by atoms with E-state index in [4.69, 9.17) is 14.4 Å². The van der Waals surface area contributed by atoms with Gasteiger partial charge in [-0.05, 0) is 57.8 Å². The van der Waals surface area contributed by atoms with E-state index >= 15 is 0 Å². The number of aliphatic imine (C=N–C) groups is 2. The number of hydrogen-bond donors (Lipinski definition) is 2. The number of rotatable bonds is 5. The van der Waals surface area contributed by atoms with E-state index in [0.29, 0.717) is 0 Å². The second-order valence-electron chi connectivity index (χ2n) is 13.9. The second-order valence-corrected chi connectivity index (χ2v) is 13.9. The van der Waals surface area contributed by atoms with Crippen molar-refractivity contribution in [3.05, 3.63) is 192 Å². The van der Waals surface area contributed by atoms with Crippen molar-refractivity contribution >= 4 is 61.3 Å². The van der Waals surface area contributed by atoms with Crippen LogP contribution in [-0.4, -0.2) is 16.2 Å². The molecule has 0 bridgehead atoms. The van der Waals surface area contributed by atoms with E-state index in [1.807, 2.05) is 30.5 Å². The van der Waals surface area contributed by atoms with Crippen LogP contribution in [-0.2, 0) is 0 Å². The zero-order valence-corrected chi connectivity index (χ0v) is 29.1. The van der Waals surface area contributed by atoms with Gasteiger partial charge in [-0.15, -0.1) is 0 Å². The van der Waals surface area contributed by atoms with Crippen molar-refractivity contribution in [3.8, 4) is 16.8 Å². The number of para-hydroxylation sites is 2. The van der Waals surface area contributed by atoms with Gasteiger partial charge in [0.2, 0.25) is 0 Å². The lowest BCUT2D eigenvalue weighted by atomic mass is 9.96. The molecule has 2 atom stereocenters. The third-order valence-electron chi connectivity index (χ3n) is 10.8. The summed E-state index contributed by atoms with van der Waals surface area (Å²) in [5.41, 5.74) is 9.65. The minimum atomic E-state index is -0.436. The molecule has 9 aromatic rings. The summed E-state index contributed by atoms with van der Waals surface area (Å²) in [4.78, 5) is 10.5. The summed E-state index contributed by atoms with van der Waals surface area (Å²) < 4.78 is 8.95. The Bertz CT molecular complexity index is 2950. The molecule has 6 heteroatoms. The van der Waals surface area contributed by atoms with Crippen LogP contribution in [0.1, 0.15) is 34.7 Å². The van der Waals surface area contributed by atoms with Crippen LogP contribution in [0.5, 0.6) is 0 Å². The van der Waals surface area contributed by atoms with Gasteiger partial charge in [0.25, 0.3) is 0 Å². The average molecular weight is 696 g/mol. The van der Waals surface area contributed by atoms with Crippen LogP contribution in [0.15, 0.2) is 184 Å². The van der Waals surface area contributed by atoms with Crippen molar-refractivity contribution in [2.45, 2.75) is 12.2 Å². The van der Waals surface area contributed by atoms with Crippen molar-refractivity contribution < 1.29 is 4.42 Å². The molecule has 0 spiro atoms. The van der Waals surface area contributed by atoms with E-state index in [-0.39, 0.29) is 6.04 Å². The summed E-state index contributed by atoms with van der Waals surface area (Å²) in [6, 6.07) is 57.3. The van der Waals surface area contributed by atoms with Gasteiger partial charge in [0, 0.05) is 45.2 Å². The van der Waals surface area contributed by atoms with E-state index in [0.717, 1.165) is 56.3 Å². The quantitative estimate of drug-likeness (QED) is 0.188. The van der Waals surface area contributed by atoms with Gasteiger partial charge in [-0.1, -0.05) is 133 Å². The maximum Gasteiger partial charge on any atom is 0.169 e. The molecule has 0 saturated heterocycles. The van der Waals surface area contributed by atoms with Gasteiger partial charge in [0.05, 0.1) is 11.0 Å². The van der Waals surface area contributed by atoms with Crippen LogP contribution in [0.25, 0.3) is 66.4 Å². The van der Waals surface area contributed by atoms with Crippen molar-refractivity contribution in [3.63, 3.8) is 0 Å². The molecule has 0 aliphatic carbocycles. The predicted octanol–water partition coefficient (Wildman–Crippen LogP) is 11.1. The summed E-state index contributed by atoms with van der Waals surface area (Å²) in [5.74, 6) is 2.38.